The highest BCUT2D eigenvalue weighted by atomic mass is 16.2. The highest BCUT2D eigenvalue weighted by molar-refractivity contribution is 5.89. The van der Waals surface area contributed by atoms with Crippen molar-refractivity contribution < 1.29 is 4.79 Å². The molecular formula is C21H21N3O. The number of hydrogen-bond acceptors (Lipinski definition) is 1. The van der Waals surface area contributed by atoms with Crippen LogP contribution >= 0.6 is 0 Å². The van der Waals surface area contributed by atoms with Crippen LogP contribution in [-0.4, -0.2) is 34.4 Å². The molecule has 0 unspecified atom stereocenters. The molecule has 25 heavy (non-hydrogen) atoms. The van der Waals surface area contributed by atoms with Gasteiger partial charge in [-0.3, -0.25) is 4.79 Å². The van der Waals surface area contributed by atoms with E-state index in [1.807, 2.05) is 54.7 Å². The van der Waals surface area contributed by atoms with Gasteiger partial charge >= 0.3 is 0 Å². The fourth-order valence-electron chi connectivity index (χ4n) is 3.33. The van der Waals surface area contributed by atoms with Crippen molar-refractivity contribution in [2.45, 2.75) is 12.8 Å². The molecule has 0 aliphatic heterocycles. The maximum atomic E-state index is 12.6. The first-order chi connectivity index (χ1) is 12.2. The molecule has 4 heteroatoms. The number of H-pyrrole nitrogens is 2. The molecule has 0 aliphatic rings. The minimum atomic E-state index is 0.143. The summed E-state index contributed by atoms with van der Waals surface area (Å²) in [6.07, 6.45) is 5.26. The maximum Gasteiger partial charge on any atom is 0.226 e. The van der Waals surface area contributed by atoms with Gasteiger partial charge < -0.3 is 14.9 Å². The van der Waals surface area contributed by atoms with E-state index in [0.29, 0.717) is 13.0 Å². The summed E-state index contributed by atoms with van der Waals surface area (Å²) in [5.74, 6) is 0.143. The monoisotopic (exact) mass is 331 g/mol. The second-order valence-electron chi connectivity index (χ2n) is 6.46. The number of carbonyl (C=O) groups excluding carboxylic acids is 1. The van der Waals surface area contributed by atoms with E-state index in [9.17, 15) is 4.79 Å². The van der Waals surface area contributed by atoms with Crippen LogP contribution < -0.4 is 0 Å². The van der Waals surface area contributed by atoms with Crippen LogP contribution in [0.4, 0.5) is 0 Å². The molecule has 0 fully saturated rings. The minimum Gasteiger partial charge on any atom is -0.361 e. The summed E-state index contributed by atoms with van der Waals surface area (Å²) in [7, 11) is 1.88. The second kappa shape index (κ2) is 6.48. The van der Waals surface area contributed by atoms with Crippen LogP contribution in [-0.2, 0) is 17.6 Å². The predicted molar refractivity (Wildman–Crippen MR) is 102 cm³/mol. The molecule has 1 amide bonds. The number of hydrogen-bond donors (Lipinski definition) is 2. The van der Waals surface area contributed by atoms with Crippen LogP contribution in [0.25, 0.3) is 21.8 Å². The fourth-order valence-corrected chi connectivity index (χ4v) is 3.33. The highest BCUT2D eigenvalue weighted by Gasteiger charge is 2.13. The van der Waals surface area contributed by atoms with Crippen molar-refractivity contribution in [2.75, 3.05) is 13.6 Å². The average Bonchev–Trinajstić information content (AvgIpc) is 3.24. The van der Waals surface area contributed by atoms with E-state index in [2.05, 4.69) is 28.2 Å². The Kier molecular flexibility index (Phi) is 4.02. The predicted octanol–water partition coefficient (Wildman–Crippen LogP) is 3.89. The summed E-state index contributed by atoms with van der Waals surface area (Å²) in [4.78, 5) is 20.9. The molecule has 2 aromatic carbocycles. The smallest absolute Gasteiger partial charge is 0.226 e. The van der Waals surface area contributed by atoms with E-state index in [-0.39, 0.29) is 5.91 Å². The van der Waals surface area contributed by atoms with E-state index in [0.717, 1.165) is 28.4 Å². The van der Waals surface area contributed by atoms with Crippen LogP contribution in [0.2, 0.25) is 0 Å². The molecule has 2 heterocycles. The number of carbonyl (C=O) groups is 1. The van der Waals surface area contributed by atoms with E-state index in [1.54, 1.807) is 0 Å². The molecule has 0 spiro atoms. The summed E-state index contributed by atoms with van der Waals surface area (Å²) in [5, 5.41) is 2.36. The van der Waals surface area contributed by atoms with Crippen LogP contribution in [0.15, 0.2) is 60.9 Å². The molecule has 0 radical (unpaired) electrons. The number of likely N-dealkylation sites (N-methyl/N-ethyl adjacent to an activating group) is 1. The molecule has 0 atom stereocenters. The van der Waals surface area contributed by atoms with Crippen molar-refractivity contribution in [3.63, 3.8) is 0 Å². The first-order valence-corrected chi connectivity index (χ1v) is 8.56. The van der Waals surface area contributed by atoms with Crippen molar-refractivity contribution in [1.29, 1.82) is 0 Å². The number of amides is 1. The Morgan fingerprint density at radius 1 is 0.880 bits per heavy atom. The Labute approximate surface area is 146 Å². The summed E-state index contributed by atoms with van der Waals surface area (Å²) in [6, 6.07) is 16.4. The van der Waals surface area contributed by atoms with Crippen LogP contribution in [0.5, 0.6) is 0 Å². The van der Waals surface area contributed by atoms with Gasteiger partial charge in [-0.05, 0) is 29.7 Å². The van der Waals surface area contributed by atoms with E-state index in [4.69, 9.17) is 0 Å². The van der Waals surface area contributed by atoms with Gasteiger partial charge in [0.2, 0.25) is 5.91 Å². The molecule has 4 nitrogen and oxygen atoms in total. The van der Waals surface area contributed by atoms with Gasteiger partial charge in [-0.15, -0.1) is 0 Å². The van der Waals surface area contributed by atoms with Crippen LogP contribution in [0.3, 0.4) is 0 Å². The molecule has 0 saturated carbocycles. The largest absolute Gasteiger partial charge is 0.361 e. The lowest BCUT2D eigenvalue weighted by molar-refractivity contribution is -0.129. The zero-order valence-electron chi connectivity index (χ0n) is 14.3. The number of rotatable bonds is 5. The molecule has 4 rings (SSSR count). The Bertz CT molecular complexity index is 1030. The number of nitrogens with zero attached hydrogens (tertiary/aromatic N) is 1. The normalized spacial score (nSPS) is 11.2. The third-order valence-electron chi connectivity index (χ3n) is 4.83. The number of nitrogens with one attached hydrogen (secondary N) is 2. The molecule has 0 saturated heterocycles. The number of aromatic nitrogens is 2. The molecule has 2 aromatic heterocycles. The Hall–Kier alpha value is -3.01. The summed E-state index contributed by atoms with van der Waals surface area (Å²) in [5.41, 5.74) is 4.53. The molecule has 126 valence electrons. The quantitative estimate of drug-likeness (QED) is 0.573. The van der Waals surface area contributed by atoms with Gasteiger partial charge in [0.05, 0.1) is 6.42 Å². The molecule has 0 aliphatic carbocycles. The molecular weight excluding hydrogens is 310 g/mol. The summed E-state index contributed by atoms with van der Waals surface area (Å²) in [6.45, 7) is 0.711. The van der Waals surface area contributed by atoms with Gasteiger partial charge in [0.1, 0.15) is 0 Å². The minimum absolute atomic E-state index is 0.143. The second-order valence-corrected chi connectivity index (χ2v) is 6.46. The van der Waals surface area contributed by atoms with Gasteiger partial charge in [-0.1, -0.05) is 36.4 Å². The van der Waals surface area contributed by atoms with E-state index < -0.39 is 0 Å². The Morgan fingerprint density at radius 3 is 2.12 bits per heavy atom. The van der Waals surface area contributed by atoms with Crippen molar-refractivity contribution in [1.82, 2.24) is 14.9 Å². The zero-order valence-corrected chi connectivity index (χ0v) is 14.3. The molecule has 2 N–H and O–H groups in total. The lowest BCUT2D eigenvalue weighted by Crippen LogP contribution is -2.30. The first-order valence-electron chi connectivity index (χ1n) is 8.56. The Morgan fingerprint density at radius 2 is 1.44 bits per heavy atom. The third-order valence-corrected chi connectivity index (χ3v) is 4.83. The van der Waals surface area contributed by atoms with Crippen molar-refractivity contribution in [3.05, 3.63) is 72.1 Å². The van der Waals surface area contributed by atoms with Crippen molar-refractivity contribution in [2.24, 2.45) is 0 Å². The topological polar surface area (TPSA) is 51.9 Å². The van der Waals surface area contributed by atoms with Crippen LogP contribution in [0.1, 0.15) is 11.1 Å². The zero-order chi connectivity index (χ0) is 17.2. The average molecular weight is 331 g/mol. The standard InChI is InChI=1S/C21H21N3O/c1-24(11-10-15-13-22-19-8-4-2-6-17(15)19)21(25)12-16-14-23-20-9-5-3-7-18(16)20/h2-9,13-14,22-23H,10-12H2,1H3. The van der Waals surface area contributed by atoms with Crippen LogP contribution in [0, 0.1) is 0 Å². The lowest BCUT2D eigenvalue weighted by atomic mass is 10.1. The van der Waals surface area contributed by atoms with Crippen molar-refractivity contribution in [3.8, 4) is 0 Å². The summed E-state index contributed by atoms with van der Waals surface area (Å²) < 4.78 is 0. The van der Waals surface area contributed by atoms with Gasteiger partial charge in [-0.25, -0.2) is 0 Å². The maximum absolute atomic E-state index is 12.6. The molecule has 4 aromatic rings. The number of aromatic amines is 2. The van der Waals surface area contributed by atoms with Gasteiger partial charge in [-0.2, -0.15) is 0 Å². The van der Waals surface area contributed by atoms with Gasteiger partial charge in [0.15, 0.2) is 0 Å². The van der Waals surface area contributed by atoms with Gasteiger partial charge in [0, 0.05) is 47.8 Å². The molecule has 0 bridgehead atoms. The lowest BCUT2D eigenvalue weighted by Gasteiger charge is -2.16. The number of benzene rings is 2. The Balaban J connectivity index is 1.42. The third kappa shape index (κ3) is 3.03. The van der Waals surface area contributed by atoms with E-state index >= 15 is 0 Å². The van der Waals surface area contributed by atoms with Crippen molar-refractivity contribution >= 4 is 27.7 Å². The highest BCUT2D eigenvalue weighted by Crippen LogP contribution is 2.20. The SMILES string of the molecule is CN(CCc1c[nH]c2ccccc12)C(=O)Cc1c[nH]c2ccccc12. The fraction of sp³-hybridized carbons (Fsp3) is 0.190. The number of fused-ring (bicyclic) bond motifs is 2. The number of para-hydroxylation sites is 2. The van der Waals surface area contributed by atoms with Gasteiger partial charge in [0.25, 0.3) is 0 Å². The summed E-state index contributed by atoms with van der Waals surface area (Å²) >= 11 is 0. The van der Waals surface area contributed by atoms with E-state index in [1.165, 1.54) is 10.9 Å². The first kappa shape index (κ1) is 15.5.